The highest BCUT2D eigenvalue weighted by Crippen LogP contribution is 2.38. The van der Waals surface area contributed by atoms with E-state index in [-0.39, 0.29) is 30.6 Å². The molecular formula is C24H27F5N2O3. The van der Waals surface area contributed by atoms with Crippen LogP contribution in [0.25, 0.3) is 0 Å². The lowest BCUT2D eigenvalue weighted by Crippen LogP contribution is -2.27. The van der Waals surface area contributed by atoms with Crippen molar-refractivity contribution in [1.82, 2.24) is 0 Å². The molecule has 186 valence electrons. The van der Waals surface area contributed by atoms with Crippen LogP contribution in [0.2, 0.25) is 0 Å². The van der Waals surface area contributed by atoms with Gasteiger partial charge in [-0.25, -0.2) is 8.78 Å². The zero-order valence-corrected chi connectivity index (χ0v) is 19.1. The number of anilines is 2. The molecule has 1 amide bonds. The van der Waals surface area contributed by atoms with Gasteiger partial charge >= 0.3 is 6.36 Å². The molecule has 1 aliphatic rings. The summed E-state index contributed by atoms with van der Waals surface area (Å²) in [7, 11) is 0. The lowest BCUT2D eigenvalue weighted by Gasteiger charge is -2.25. The van der Waals surface area contributed by atoms with Gasteiger partial charge in [0.1, 0.15) is 11.5 Å². The quantitative estimate of drug-likeness (QED) is 0.511. The van der Waals surface area contributed by atoms with E-state index in [1.807, 2.05) is 0 Å². The molecule has 1 atom stereocenters. The highest BCUT2D eigenvalue weighted by Gasteiger charge is 2.34. The van der Waals surface area contributed by atoms with E-state index in [2.05, 4.69) is 10.1 Å². The second kappa shape index (κ2) is 10.2. The van der Waals surface area contributed by atoms with Crippen molar-refractivity contribution in [3.8, 4) is 5.75 Å². The van der Waals surface area contributed by atoms with E-state index in [0.717, 1.165) is 17.7 Å². The summed E-state index contributed by atoms with van der Waals surface area (Å²) in [6.07, 6.45) is -4.98. The van der Waals surface area contributed by atoms with Gasteiger partial charge in [-0.1, -0.05) is 32.9 Å². The number of benzene rings is 2. The lowest BCUT2D eigenvalue weighted by molar-refractivity contribution is -0.274. The number of nitrogens with zero attached hydrogens (tertiary/aromatic N) is 1. The van der Waals surface area contributed by atoms with Gasteiger partial charge in [0.25, 0.3) is 0 Å². The Bertz CT molecular complexity index is 1000. The van der Waals surface area contributed by atoms with Crippen molar-refractivity contribution in [2.24, 2.45) is 5.41 Å². The van der Waals surface area contributed by atoms with E-state index in [1.54, 1.807) is 37.8 Å². The van der Waals surface area contributed by atoms with Gasteiger partial charge in [-0.15, -0.1) is 13.2 Å². The summed E-state index contributed by atoms with van der Waals surface area (Å²) >= 11 is 0. The number of rotatable bonds is 5. The van der Waals surface area contributed by atoms with Gasteiger partial charge in [0.15, 0.2) is 11.6 Å². The van der Waals surface area contributed by atoms with Gasteiger partial charge in [-0.3, -0.25) is 4.79 Å². The van der Waals surface area contributed by atoms with Crippen LogP contribution in [-0.2, 0) is 9.53 Å². The van der Waals surface area contributed by atoms with Crippen LogP contribution in [0.1, 0.15) is 45.3 Å². The number of halogens is 5. The van der Waals surface area contributed by atoms with Crippen LogP contribution in [0, 0.1) is 17.0 Å². The minimum atomic E-state index is -5.08. The highest BCUT2D eigenvalue weighted by atomic mass is 19.4. The normalized spacial score (nSPS) is 17.3. The number of amides is 1. The molecule has 1 saturated heterocycles. The van der Waals surface area contributed by atoms with Gasteiger partial charge in [-0.2, -0.15) is 0 Å². The molecule has 0 unspecified atom stereocenters. The minimum absolute atomic E-state index is 0.0200. The molecule has 0 aromatic heterocycles. The molecule has 5 nitrogen and oxygen atoms in total. The van der Waals surface area contributed by atoms with E-state index in [1.165, 1.54) is 12.1 Å². The zero-order valence-electron chi connectivity index (χ0n) is 19.1. The van der Waals surface area contributed by atoms with Gasteiger partial charge in [0.05, 0.1) is 12.7 Å². The highest BCUT2D eigenvalue weighted by molar-refractivity contribution is 5.93. The number of hydrogen-bond acceptors (Lipinski definition) is 4. The fraction of sp³-hybridized carbons (Fsp3) is 0.458. The first kappa shape index (κ1) is 25.7. The Balaban J connectivity index is 1.83. The van der Waals surface area contributed by atoms with E-state index in [0.29, 0.717) is 19.5 Å². The molecule has 0 bridgehead atoms. The first-order valence-electron chi connectivity index (χ1n) is 10.8. The molecule has 3 rings (SSSR count). The zero-order chi connectivity index (χ0) is 25.1. The number of nitrogens with one attached hydrogen (secondary N) is 1. The number of carbonyl (C=O) groups excluding carboxylic acids is 1. The monoisotopic (exact) mass is 486 g/mol. The number of carbonyl (C=O) groups is 1. The van der Waals surface area contributed by atoms with Crippen molar-refractivity contribution in [3.63, 3.8) is 0 Å². The summed E-state index contributed by atoms with van der Waals surface area (Å²) < 4.78 is 77.2. The lowest BCUT2D eigenvalue weighted by atomic mass is 9.92. The van der Waals surface area contributed by atoms with E-state index in [4.69, 9.17) is 4.74 Å². The molecule has 2 aromatic rings. The SMILES string of the molecule is CC(C)(C)CC(=O)Nc1c(F)cc(N2CCO[C@H](c3ccc(F)cc3)CC2)cc1OC(F)(F)F. The van der Waals surface area contributed by atoms with Crippen LogP contribution >= 0.6 is 0 Å². The van der Waals surface area contributed by atoms with Crippen LogP contribution in [0.15, 0.2) is 36.4 Å². The maximum absolute atomic E-state index is 15.0. The van der Waals surface area contributed by atoms with Crippen molar-refractivity contribution >= 4 is 17.3 Å². The molecule has 0 spiro atoms. The molecule has 1 heterocycles. The molecule has 0 aliphatic carbocycles. The summed E-state index contributed by atoms with van der Waals surface area (Å²) in [5.74, 6) is -2.87. The Labute approximate surface area is 194 Å². The molecule has 1 fully saturated rings. The Morgan fingerprint density at radius 3 is 2.41 bits per heavy atom. The molecular weight excluding hydrogens is 459 g/mol. The second-order valence-corrected chi connectivity index (χ2v) is 9.32. The molecule has 2 aromatic carbocycles. The third-order valence-electron chi connectivity index (χ3n) is 5.17. The first-order chi connectivity index (χ1) is 15.8. The van der Waals surface area contributed by atoms with Crippen LogP contribution < -0.4 is 15.0 Å². The van der Waals surface area contributed by atoms with Crippen LogP contribution in [0.4, 0.5) is 33.3 Å². The standard InChI is InChI=1S/C24H27F5N2O3/c1-23(2,3)14-21(32)30-22-18(26)12-17(13-20(22)34-24(27,28)29)31-9-8-19(33-11-10-31)15-4-6-16(25)7-5-15/h4-7,12-13,19H,8-11,14H2,1-3H3,(H,30,32)/t19-/m0/s1. The number of ether oxygens (including phenoxy) is 2. The number of alkyl halides is 3. The predicted molar refractivity (Wildman–Crippen MR) is 118 cm³/mol. The summed E-state index contributed by atoms with van der Waals surface area (Å²) in [5, 5.41) is 2.22. The Hall–Kier alpha value is -2.88. The van der Waals surface area contributed by atoms with Gasteiger partial charge in [0.2, 0.25) is 5.91 Å². The van der Waals surface area contributed by atoms with Gasteiger partial charge < -0.3 is 19.7 Å². The maximum atomic E-state index is 15.0. The van der Waals surface area contributed by atoms with Gasteiger partial charge in [0, 0.05) is 31.3 Å². The summed E-state index contributed by atoms with van der Waals surface area (Å²) in [6, 6.07) is 7.99. The predicted octanol–water partition coefficient (Wildman–Crippen LogP) is 6.21. The second-order valence-electron chi connectivity index (χ2n) is 9.32. The van der Waals surface area contributed by atoms with E-state index >= 15 is 0 Å². The summed E-state index contributed by atoms with van der Waals surface area (Å²) in [4.78, 5) is 13.9. The Morgan fingerprint density at radius 1 is 1.12 bits per heavy atom. The molecule has 0 radical (unpaired) electrons. The maximum Gasteiger partial charge on any atom is 0.573 e. The third-order valence-corrected chi connectivity index (χ3v) is 5.17. The Morgan fingerprint density at radius 2 is 1.79 bits per heavy atom. The average molecular weight is 486 g/mol. The summed E-state index contributed by atoms with van der Waals surface area (Å²) in [6.45, 7) is 6.20. The van der Waals surface area contributed by atoms with Crippen molar-refractivity contribution in [2.75, 3.05) is 29.9 Å². The van der Waals surface area contributed by atoms with Crippen molar-refractivity contribution in [1.29, 1.82) is 0 Å². The first-order valence-corrected chi connectivity index (χ1v) is 10.8. The van der Waals surface area contributed by atoms with E-state index in [9.17, 15) is 26.7 Å². The van der Waals surface area contributed by atoms with Crippen LogP contribution in [0.5, 0.6) is 5.75 Å². The molecule has 1 N–H and O–H groups in total. The number of hydrogen-bond donors (Lipinski definition) is 1. The van der Waals surface area contributed by atoms with Crippen molar-refractivity contribution < 1.29 is 36.2 Å². The fourth-order valence-corrected chi connectivity index (χ4v) is 3.71. The van der Waals surface area contributed by atoms with Gasteiger partial charge in [-0.05, 0) is 35.6 Å². The molecule has 0 saturated carbocycles. The smallest absolute Gasteiger partial charge is 0.403 e. The van der Waals surface area contributed by atoms with E-state index < -0.39 is 34.9 Å². The van der Waals surface area contributed by atoms with Crippen LogP contribution in [-0.4, -0.2) is 32.0 Å². The van der Waals surface area contributed by atoms with Crippen molar-refractivity contribution in [2.45, 2.75) is 46.1 Å². The fourth-order valence-electron chi connectivity index (χ4n) is 3.71. The molecule has 10 heteroatoms. The van der Waals surface area contributed by atoms with Crippen LogP contribution in [0.3, 0.4) is 0 Å². The topological polar surface area (TPSA) is 50.8 Å². The molecule has 34 heavy (non-hydrogen) atoms. The minimum Gasteiger partial charge on any atom is -0.403 e. The largest absolute Gasteiger partial charge is 0.573 e. The average Bonchev–Trinajstić information content (AvgIpc) is 2.95. The third kappa shape index (κ3) is 7.31. The molecule has 1 aliphatic heterocycles. The van der Waals surface area contributed by atoms with Crippen molar-refractivity contribution in [3.05, 3.63) is 53.6 Å². The Kier molecular flexibility index (Phi) is 7.70. The summed E-state index contributed by atoms with van der Waals surface area (Å²) in [5.41, 5.74) is -0.175.